The van der Waals surface area contributed by atoms with Gasteiger partial charge >= 0.3 is 0 Å². The predicted octanol–water partition coefficient (Wildman–Crippen LogP) is 7.07. The molecule has 0 amide bonds. The summed E-state index contributed by atoms with van der Waals surface area (Å²) in [5, 5.41) is 0. The Morgan fingerprint density at radius 1 is 0.471 bits per heavy atom. The third kappa shape index (κ3) is 5.24. The topological polar surface area (TPSA) is 36.9 Å². The Labute approximate surface area is 200 Å². The van der Waals surface area contributed by atoms with E-state index < -0.39 is 0 Å². The zero-order chi connectivity index (χ0) is 23.0. The van der Waals surface area contributed by atoms with Crippen LogP contribution in [0, 0.1) is 0 Å². The molecule has 1 aliphatic rings. The Kier molecular flexibility index (Phi) is 7.07. The number of ether oxygens (including phenoxy) is 4. The van der Waals surface area contributed by atoms with Crippen LogP contribution in [0.15, 0.2) is 97.1 Å². The number of benzene rings is 4. The molecule has 0 spiro atoms. The summed E-state index contributed by atoms with van der Waals surface area (Å²) in [6.07, 6.45) is 1.61. The van der Waals surface area contributed by atoms with Crippen molar-refractivity contribution in [2.75, 3.05) is 19.8 Å². The smallest absolute Gasteiger partial charge is 0.135 e. The molecule has 34 heavy (non-hydrogen) atoms. The summed E-state index contributed by atoms with van der Waals surface area (Å²) in [7, 11) is 0. The van der Waals surface area contributed by atoms with Crippen molar-refractivity contribution >= 4 is 0 Å². The molecule has 4 heteroatoms. The molecule has 0 N–H and O–H groups in total. The third-order valence-electron chi connectivity index (χ3n) is 5.82. The Morgan fingerprint density at radius 2 is 1.09 bits per heavy atom. The van der Waals surface area contributed by atoms with Crippen LogP contribution in [0.4, 0.5) is 0 Å². The van der Waals surface area contributed by atoms with Gasteiger partial charge in [-0.1, -0.05) is 72.8 Å². The Morgan fingerprint density at radius 3 is 1.91 bits per heavy atom. The van der Waals surface area contributed by atoms with Crippen LogP contribution in [0.5, 0.6) is 23.0 Å². The van der Waals surface area contributed by atoms with Gasteiger partial charge in [0.05, 0.1) is 13.2 Å². The van der Waals surface area contributed by atoms with E-state index in [1.165, 1.54) is 0 Å². The van der Waals surface area contributed by atoms with E-state index >= 15 is 0 Å². The lowest BCUT2D eigenvalue weighted by Gasteiger charge is -2.18. The molecule has 0 unspecified atom stereocenters. The van der Waals surface area contributed by atoms with Crippen LogP contribution in [-0.4, -0.2) is 19.8 Å². The van der Waals surface area contributed by atoms with Gasteiger partial charge in [-0.05, 0) is 36.2 Å². The van der Waals surface area contributed by atoms with Gasteiger partial charge < -0.3 is 18.9 Å². The number of hydrogen-bond acceptors (Lipinski definition) is 4. The third-order valence-corrected chi connectivity index (χ3v) is 5.82. The number of rotatable bonds is 0. The van der Waals surface area contributed by atoms with E-state index in [0.29, 0.717) is 26.4 Å². The van der Waals surface area contributed by atoms with Crippen LogP contribution in [0.3, 0.4) is 0 Å². The van der Waals surface area contributed by atoms with Gasteiger partial charge in [-0.3, -0.25) is 0 Å². The van der Waals surface area contributed by atoms with Crippen molar-refractivity contribution < 1.29 is 18.9 Å². The minimum Gasteiger partial charge on any atom is -0.493 e. The van der Waals surface area contributed by atoms with E-state index in [0.717, 1.165) is 58.1 Å². The largest absolute Gasteiger partial charge is 0.493 e. The molecule has 4 aromatic carbocycles. The van der Waals surface area contributed by atoms with E-state index in [9.17, 15) is 0 Å². The van der Waals surface area contributed by atoms with Crippen LogP contribution in [0.25, 0.3) is 11.1 Å². The number of hydrogen-bond donors (Lipinski definition) is 0. The summed E-state index contributed by atoms with van der Waals surface area (Å²) >= 11 is 0. The molecule has 0 aliphatic carbocycles. The highest BCUT2D eigenvalue weighted by Crippen LogP contribution is 2.39. The first-order valence-electron chi connectivity index (χ1n) is 11.7. The first-order valence-corrected chi connectivity index (χ1v) is 11.7. The number of para-hydroxylation sites is 4. The summed E-state index contributed by atoms with van der Waals surface area (Å²) in [5.41, 5.74) is 4.10. The van der Waals surface area contributed by atoms with Gasteiger partial charge in [0.1, 0.15) is 29.6 Å². The minimum atomic E-state index is 0.413. The molecule has 0 atom stereocenters. The maximum atomic E-state index is 6.48. The molecule has 5 rings (SSSR count). The van der Waals surface area contributed by atoms with Gasteiger partial charge in [0.15, 0.2) is 0 Å². The molecule has 172 valence electrons. The van der Waals surface area contributed by atoms with E-state index in [-0.39, 0.29) is 0 Å². The highest BCUT2D eigenvalue weighted by molar-refractivity contribution is 5.76. The Hall–Kier alpha value is -3.76. The van der Waals surface area contributed by atoms with Crippen molar-refractivity contribution in [1.29, 1.82) is 0 Å². The second-order valence-electron chi connectivity index (χ2n) is 8.16. The summed E-state index contributed by atoms with van der Waals surface area (Å²) in [6.45, 7) is 2.29. The van der Waals surface area contributed by atoms with Gasteiger partial charge in [-0.15, -0.1) is 0 Å². The van der Waals surface area contributed by atoms with Crippen LogP contribution in [-0.2, 0) is 17.8 Å². The summed E-state index contributed by atoms with van der Waals surface area (Å²) in [6, 6.07) is 32.3. The van der Waals surface area contributed by atoms with Crippen molar-refractivity contribution in [2.24, 2.45) is 0 Å². The van der Waals surface area contributed by atoms with Gasteiger partial charge in [-0.2, -0.15) is 0 Å². The van der Waals surface area contributed by atoms with E-state index in [1.54, 1.807) is 0 Å². The lowest BCUT2D eigenvalue weighted by atomic mass is 10.0. The standard InChI is InChI=1S/C30H28O4/c1-5-14-27-23(10-1)18-21-31-19-9-20-32-29-16-7-3-12-25(29)26-13-4-8-17-30(26)34-28-15-6-2-11-24(28)22-33-27/h1-8,10-17H,9,18-22H2. The van der Waals surface area contributed by atoms with Crippen LogP contribution in [0.1, 0.15) is 17.5 Å². The molecule has 0 radical (unpaired) electrons. The molecule has 0 saturated carbocycles. The minimum absolute atomic E-state index is 0.413. The van der Waals surface area contributed by atoms with Crippen molar-refractivity contribution in [3.63, 3.8) is 0 Å². The fourth-order valence-electron chi connectivity index (χ4n) is 4.07. The normalized spacial score (nSPS) is 14.4. The zero-order valence-corrected chi connectivity index (χ0v) is 19.1. The SMILES string of the molecule is c1ccc2c(c1)CCOCCCOc1ccccc1-c1ccccc1Oc1ccccc1CO2. The maximum Gasteiger partial charge on any atom is 0.135 e. The molecule has 4 nitrogen and oxygen atoms in total. The molecule has 0 aromatic heterocycles. The van der Waals surface area contributed by atoms with Gasteiger partial charge in [0, 0.05) is 29.7 Å². The molecular formula is C30H28O4. The molecule has 0 bridgehead atoms. The average molecular weight is 453 g/mol. The van der Waals surface area contributed by atoms with E-state index in [2.05, 4.69) is 18.2 Å². The van der Waals surface area contributed by atoms with Crippen LogP contribution in [0.2, 0.25) is 0 Å². The Bertz CT molecular complexity index is 1230. The maximum absolute atomic E-state index is 6.48. The summed E-state index contributed by atoms with van der Waals surface area (Å²) in [4.78, 5) is 0. The predicted molar refractivity (Wildman–Crippen MR) is 134 cm³/mol. The van der Waals surface area contributed by atoms with Crippen molar-refractivity contribution in [3.8, 4) is 34.1 Å². The van der Waals surface area contributed by atoms with Crippen molar-refractivity contribution in [3.05, 3.63) is 108 Å². The van der Waals surface area contributed by atoms with E-state index in [4.69, 9.17) is 18.9 Å². The van der Waals surface area contributed by atoms with Gasteiger partial charge in [0.2, 0.25) is 0 Å². The highest BCUT2D eigenvalue weighted by Gasteiger charge is 2.14. The highest BCUT2D eigenvalue weighted by atomic mass is 16.5. The lowest BCUT2D eigenvalue weighted by Crippen LogP contribution is -2.07. The van der Waals surface area contributed by atoms with Crippen LogP contribution < -0.4 is 14.2 Å². The average Bonchev–Trinajstić information content (AvgIpc) is 2.88. The molecule has 1 aliphatic heterocycles. The first-order chi connectivity index (χ1) is 16.9. The second kappa shape index (κ2) is 10.9. The van der Waals surface area contributed by atoms with Crippen LogP contribution >= 0.6 is 0 Å². The van der Waals surface area contributed by atoms with E-state index in [1.807, 2.05) is 78.9 Å². The molecule has 1 heterocycles. The summed E-state index contributed by atoms with van der Waals surface area (Å²) in [5.74, 6) is 3.26. The quantitative estimate of drug-likeness (QED) is 0.286. The van der Waals surface area contributed by atoms with Gasteiger partial charge in [-0.25, -0.2) is 0 Å². The molecule has 0 fully saturated rings. The second-order valence-corrected chi connectivity index (χ2v) is 8.16. The first kappa shape index (κ1) is 22.1. The fraction of sp³-hybridized carbons (Fsp3) is 0.200. The van der Waals surface area contributed by atoms with Crippen molar-refractivity contribution in [1.82, 2.24) is 0 Å². The Balaban J connectivity index is 1.51. The molecule has 0 saturated heterocycles. The fourth-order valence-corrected chi connectivity index (χ4v) is 4.07. The zero-order valence-electron chi connectivity index (χ0n) is 19.1. The molecular weight excluding hydrogens is 424 g/mol. The lowest BCUT2D eigenvalue weighted by molar-refractivity contribution is 0.121. The number of fused-ring (bicyclic) bond motifs is 5. The molecule has 4 aromatic rings. The monoisotopic (exact) mass is 452 g/mol. The van der Waals surface area contributed by atoms with Crippen molar-refractivity contribution in [2.45, 2.75) is 19.4 Å². The van der Waals surface area contributed by atoms with Gasteiger partial charge in [0.25, 0.3) is 0 Å². The summed E-state index contributed by atoms with van der Waals surface area (Å²) < 4.78 is 24.8.